The van der Waals surface area contributed by atoms with Crippen LogP contribution in [0.2, 0.25) is 0 Å². The number of hydrogen-bond donors (Lipinski definition) is 2. The SMILES string of the molecule is CCc1cc2ncc(CN3CCN(c4cnc5c(NC)noc5c4)[C@H]4C[C@H]43)cc2[nH]c1=O. The first-order chi connectivity index (χ1) is 15.6. The lowest BCUT2D eigenvalue weighted by Gasteiger charge is -2.35. The second-order valence-electron chi connectivity index (χ2n) is 8.61. The first-order valence-corrected chi connectivity index (χ1v) is 11.1. The number of aromatic nitrogens is 4. The number of aryl methyl sites for hydroxylation is 1. The maximum absolute atomic E-state index is 12.2. The molecule has 0 radical (unpaired) electrons. The van der Waals surface area contributed by atoms with Crippen molar-refractivity contribution in [2.24, 2.45) is 0 Å². The second-order valence-corrected chi connectivity index (χ2v) is 8.61. The molecular formula is C23H25N7O2. The van der Waals surface area contributed by atoms with Crippen LogP contribution < -0.4 is 15.8 Å². The highest BCUT2D eigenvalue weighted by atomic mass is 16.5. The molecule has 2 atom stereocenters. The van der Waals surface area contributed by atoms with Crippen LogP contribution in [0, 0.1) is 0 Å². The molecule has 4 aromatic rings. The molecule has 1 saturated heterocycles. The summed E-state index contributed by atoms with van der Waals surface area (Å²) < 4.78 is 5.43. The Morgan fingerprint density at radius 1 is 1.19 bits per heavy atom. The summed E-state index contributed by atoms with van der Waals surface area (Å²) in [4.78, 5) is 29.3. The molecule has 9 heteroatoms. The number of piperazine rings is 1. The van der Waals surface area contributed by atoms with Crippen molar-refractivity contribution < 1.29 is 4.52 Å². The minimum Gasteiger partial charge on any atom is -0.369 e. The number of rotatable bonds is 5. The molecule has 2 fully saturated rings. The van der Waals surface area contributed by atoms with Gasteiger partial charge < -0.3 is 19.7 Å². The summed E-state index contributed by atoms with van der Waals surface area (Å²) in [7, 11) is 1.81. The summed E-state index contributed by atoms with van der Waals surface area (Å²) in [5.74, 6) is 0.664. The molecule has 164 valence electrons. The van der Waals surface area contributed by atoms with Crippen LogP contribution in [-0.2, 0) is 13.0 Å². The van der Waals surface area contributed by atoms with E-state index in [2.05, 4.69) is 41.3 Å². The Hall–Kier alpha value is -3.46. The van der Waals surface area contributed by atoms with Crippen LogP contribution in [-0.4, -0.2) is 57.2 Å². The molecule has 9 nitrogen and oxygen atoms in total. The van der Waals surface area contributed by atoms with Crippen LogP contribution in [0.3, 0.4) is 0 Å². The van der Waals surface area contributed by atoms with Crippen LogP contribution in [0.1, 0.15) is 24.5 Å². The summed E-state index contributed by atoms with van der Waals surface area (Å²) in [6, 6.07) is 6.99. The van der Waals surface area contributed by atoms with Crippen molar-refractivity contribution in [3.05, 3.63) is 52.1 Å². The minimum atomic E-state index is -0.0194. The highest BCUT2D eigenvalue weighted by Gasteiger charge is 2.49. The zero-order valence-corrected chi connectivity index (χ0v) is 18.1. The largest absolute Gasteiger partial charge is 0.369 e. The monoisotopic (exact) mass is 431 g/mol. The smallest absolute Gasteiger partial charge is 0.251 e. The predicted molar refractivity (Wildman–Crippen MR) is 123 cm³/mol. The van der Waals surface area contributed by atoms with E-state index in [1.807, 2.05) is 38.5 Å². The first-order valence-electron chi connectivity index (χ1n) is 11.1. The molecule has 32 heavy (non-hydrogen) atoms. The lowest BCUT2D eigenvalue weighted by Crippen LogP contribution is -2.46. The summed E-state index contributed by atoms with van der Waals surface area (Å²) in [6.45, 7) is 4.70. The van der Waals surface area contributed by atoms with Crippen molar-refractivity contribution in [2.45, 2.75) is 38.4 Å². The van der Waals surface area contributed by atoms with E-state index >= 15 is 0 Å². The normalized spacial score (nSPS) is 20.6. The van der Waals surface area contributed by atoms with Gasteiger partial charge in [-0.1, -0.05) is 12.1 Å². The van der Waals surface area contributed by atoms with E-state index < -0.39 is 0 Å². The van der Waals surface area contributed by atoms with Crippen molar-refractivity contribution in [3.8, 4) is 0 Å². The summed E-state index contributed by atoms with van der Waals surface area (Å²) in [6.07, 6.45) is 5.69. The van der Waals surface area contributed by atoms with Gasteiger partial charge in [-0.05, 0) is 30.5 Å². The molecule has 6 rings (SSSR count). The number of nitrogens with zero attached hydrogens (tertiary/aromatic N) is 5. The lowest BCUT2D eigenvalue weighted by atomic mass is 10.1. The second kappa shape index (κ2) is 7.30. The molecule has 0 bridgehead atoms. The Kier molecular flexibility index (Phi) is 4.39. The van der Waals surface area contributed by atoms with Gasteiger partial charge in [0.15, 0.2) is 16.9 Å². The van der Waals surface area contributed by atoms with E-state index in [1.54, 1.807) is 0 Å². The molecule has 1 saturated carbocycles. The van der Waals surface area contributed by atoms with Crippen molar-refractivity contribution in [1.82, 2.24) is 25.0 Å². The van der Waals surface area contributed by atoms with Gasteiger partial charge in [0.1, 0.15) is 0 Å². The van der Waals surface area contributed by atoms with E-state index in [0.29, 0.717) is 29.9 Å². The maximum atomic E-state index is 12.2. The van der Waals surface area contributed by atoms with Crippen LogP contribution in [0.15, 0.2) is 39.9 Å². The number of nitrogens with one attached hydrogen (secondary N) is 2. The van der Waals surface area contributed by atoms with Crippen molar-refractivity contribution >= 4 is 33.6 Å². The Bertz CT molecular complexity index is 1380. The summed E-state index contributed by atoms with van der Waals surface area (Å²) in [5.41, 5.74) is 6.08. The van der Waals surface area contributed by atoms with Gasteiger partial charge in [-0.25, -0.2) is 4.98 Å². The van der Waals surface area contributed by atoms with Crippen molar-refractivity contribution in [1.29, 1.82) is 0 Å². The number of fused-ring (bicyclic) bond motifs is 3. The Labute approximate surface area is 184 Å². The van der Waals surface area contributed by atoms with Crippen LogP contribution in [0.4, 0.5) is 11.5 Å². The molecule has 0 aromatic carbocycles. The fraction of sp³-hybridized carbons (Fsp3) is 0.391. The maximum Gasteiger partial charge on any atom is 0.251 e. The van der Waals surface area contributed by atoms with Crippen LogP contribution >= 0.6 is 0 Å². The van der Waals surface area contributed by atoms with Gasteiger partial charge in [-0.3, -0.25) is 14.7 Å². The zero-order valence-electron chi connectivity index (χ0n) is 18.1. The van der Waals surface area contributed by atoms with Crippen LogP contribution in [0.5, 0.6) is 0 Å². The molecule has 1 aliphatic carbocycles. The quantitative estimate of drug-likeness (QED) is 0.497. The van der Waals surface area contributed by atoms with Crippen molar-refractivity contribution in [2.75, 3.05) is 30.4 Å². The van der Waals surface area contributed by atoms with Crippen molar-refractivity contribution in [3.63, 3.8) is 0 Å². The highest BCUT2D eigenvalue weighted by molar-refractivity contribution is 5.86. The molecule has 1 aliphatic heterocycles. The number of H-pyrrole nitrogens is 1. The van der Waals surface area contributed by atoms with Gasteiger partial charge in [0.2, 0.25) is 0 Å². The summed E-state index contributed by atoms with van der Waals surface area (Å²) in [5, 5.41) is 7.02. The molecule has 5 heterocycles. The molecule has 0 amide bonds. The molecule has 2 aliphatic rings. The van der Waals surface area contributed by atoms with E-state index in [4.69, 9.17) is 4.52 Å². The Balaban J connectivity index is 1.18. The van der Waals surface area contributed by atoms with Gasteiger partial charge in [-0.2, -0.15) is 0 Å². The topological polar surface area (TPSA) is 103 Å². The molecule has 4 aromatic heterocycles. The Morgan fingerprint density at radius 2 is 2.09 bits per heavy atom. The third kappa shape index (κ3) is 3.12. The Morgan fingerprint density at radius 3 is 2.94 bits per heavy atom. The van der Waals surface area contributed by atoms with Gasteiger partial charge in [0.05, 0.1) is 22.9 Å². The molecule has 0 spiro atoms. The predicted octanol–water partition coefficient (Wildman–Crippen LogP) is 2.53. The van der Waals surface area contributed by atoms with E-state index in [9.17, 15) is 4.79 Å². The number of hydrogen-bond acceptors (Lipinski definition) is 8. The third-order valence-corrected chi connectivity index (χ3v) is 6.68. The average molecular weight is 432 g/mol. The van der Waals surface area contributed by atoms with E-state index in [-0.39, 0.29) is 5.56 Å². The number of anilines is 2. The van der Waals surface area contributed by atoms with Crippen LogP contribution in [0.25, 0.3) is 22.1 Å². The van der Waals surface area contributed by atoms with E-state index in [1.165, 1.54) is 0 Å². The fourth-order valence-corrected chi connectivity index (χ4v) is 4.87. The van der Waals surface area contributed by atoms with Gasteiger partial charge in [-0.15, -0.1) is 0 Å². The summed E-state index contributed by atoms with van der Waals surface area (Å²) >= 11 is 0. The molecular weight excluding hydrogens is 406 g/mol. The highest BCUT2D eigenvalue weighted by Crippen LogP contribution is 2.40. The minimum absolute atomic E-state index is 0.0194. The number of pyridine rings is 3. The fourth-order valence-electron chi connectivity index (χ4n) is 4.87. The lowest BCUT2D eigenvalue weighted by molar-refractivity contribution is 0.234. The van der Waals surface area contributed by atoms with E-state index in [0.717, 1.165) is 59.4 Å². The standard InChI is InChI=1S/C23H25N7O2/c1-3-14-7-16-17(27-23(14)31)6-13(10-25-16)12-29-4-5-30(19-9-18(19)29)15-8-20-21(26-11-15)22(24-2)28-32-20/h6-8,10-11,18-19H,3-5,9,12H2,1-2H3,(H,24,28)(H,27,31)/t18-,19+/m1/s1. The zero-order chi connectivity index (χ0) is 21.8. The average Bonchev–Trinajstić information content (AvgIpc) is 3.51. The molecule has 0 unspecified atom stereocenters. The number of aromatic amines is 1. The van der Waals surface area contributed by atoms with Gasteiger partial charge in [0, 0.05) is 56.6 Å². The van der Waals surface area contributed by atoms with Gasteiger partial charge in [0.25, 0.3) is 5.56 Å². The third-order valence-electron chi connectivity index (χ3n) is 6.68. The first kappa shape index (κ1) is 19.2. The molecule has 2 N–H and O–H groups in total. The van der Waals surface area contributed by atoms with Gasteiger partial charge >= 0.3 is 0 Å².